The number of amides is 1. The highest BCUT2D eigenvalue weighted by Gasteiger charge is 2.17. The first-order valence-corrected chi connectivity index (χ1v) is 10.6. The summed E-state index contributed by atoms with van der Waals surface area (Å²) in [6, 6.07) is 14.2. The number of benzene rings is 2. The van der Waals surface area contributed by atoms with Crippen molar-refractivity contribution < 1.29 is 18.3 Å². The number of halogens is 2. The molecule has 0 atom stereocenters. The Morgan fingerprint density at radius 2 is 1.81 bits per heavy atom. The molecule has 1 amide bonds. The summed E-state index contributed by atoms with van der Waals surface area (Å²) in [6.45, 7) is 3.49. The van der Waals surface area contributed by atoms with Crippen LogP contribution in [0.5, 0.6) is 5.75 Å². The van der Waals surface area contributed by atoms with Crippen LogP contribution in [0, 0.1) is 0 Å². The number of anilines is 1. The lowest BCUT2D eigenvalue weighted by molar-refractivity contribution is -0.113. The summed E-state index contributed by atoms with van der Waals surface area (Å²) in [5, 5.41) is 11.6. The molecule has 3 rings (SSSR count). The number of para-hydroxylation sites is 2. The lowest BCUT2D eigenvalue weighted by Gasteiger charge is -2.19. The predicted molar refractivity (Wildman–Crippen MR) is 118 cm³/mol. The van der Waals surface area contributed by atoms with Gasteiger partial charge in [0.05, 0.1) is 11.4 Å². The van der Waals surface area contributed by atoms with Gasteiger partial charge in [-0.15, -0.1) is 10.2 Å². The fourth-order valence-corrected chi connectivity index (χ4v) is 3.61. The van der Waals surface area contributed by atoms with E-state index in [-0.39, 0.29) is 28.5 Å². The number of nitrogens with one attached hydrogen (secondary N) is 1. The maximum atomic E-state index is 12.5. The zero-order chi connectivity index (χ0) is 22.6. The van der Waals surface area contributed by atoms with Gasteiger partial charge in [-0.25, -0.2) is 0 Å². The summed E-state index contributed by atoms with van der Waals surface area (Å²) >= 11 is 1.21. The van der Waals surface area contributed by atoms with Crippen LogP contribution < -0.4 is 10.1 Å². The Balaban J connectivity index is 1.65. The third-order valence-corrected chi connectivity index (χ3v) is 5.57. The van der Waals surface area contributed by atoms with Gasteiger partial charge >= 0.3 is 6.61 Å². The molecule has 0 unspecified atom stereocenters. The van der Waals surface area contributed by atoms with E-state index in [1.54, 1.807) is 12.1 Å². The first-order valence-electron chi connectivity index (χ1n) is 9.62. The first kappa shape index (κ1) is 22.7. The van der Waals surface area contributed by atoms with Crippen molar-refractivity contribution in [3.05, 3.63) is 54.1 Å². The smallest absolute Gasteiger partial charge is 0.387 e. The van der Waals surface area contributed by atoms with E-state index >= 15 is 0 Å². The Morgan fingerprint density at radius 1 is 1.13 bits per heavy atom. The summed E-state index contributed by atoms with van der Waals surface area (Å²) < 4.78 is 31.3. The van der Waals surface area contributed by atoms with E-state index in [1.165, 1.54) is 29.5 Å². The van der Waals surface area contributed by atoms with E-state index in [0.717, 1.165) is 5.56 Å². The molecule has 0 aliphatic heterocycles. The summed E-state index contributed by atoms with van der Waals surface area (Å²) in [7, 11) is 1.83. The van der Waals surface area contributed by atoms with Crippen molar-refractivity contribution in [2.24, 2.45) is 7.05 Å². The molecular formula is C22H24F2N4O2S. The number of aromatic nitrogens is 3. The Bertz CT molecular complexity index is 1050. The molecule has 1 N–H and O–H groups in total. The third-order valence-electron chi connectivity index (χ3n) is 4.55. The van der Waals surface area contributed by atoms with Gasteiger partial charge in [-0.05, 0) is 23.1 Å². The number of hydrogen-bond acceptors (Lipinski definition) is 5. The molecule has 0 saturated heterocycles. The molecule has 31 heavy (non-hydrogen) atoms. The molecule has 9 heteroatoms. The Hall–Kier alpha value is -2.94. The maximum Gasteiger partial charge on any atom is 0.387 e. The number of alkyl halides is 2. The van der Waals surface area contributed by atoms with Gasteiger partial charge in [-0.3, -0.25) is 4.79 Å². The van der Waals surface area contributed by atoms with Gasteiger partial charge in [0, 0.05) is 12.6 Å². The Morgan fingerprint density at radius 3 is 2.45 bits per heavy atom. The van der Waals surface area contributed by atoms with Crippen LogP contribution in [0.3, 0.4) is 0 Å². The molecule has 0 spiro atoms. The average Bonchev–Trinajstić information content (AvgIpc) is 3.07. The van der Waals surface area contributed by atoms with Crippen LogP contribution in [0.2, 0.25) is 0 Å². The number of thioether (sulfide) groups is 1. The van der Waals surface area contributed by atoms with Gasteiger partial charge in [-0.1, -0.05) is 68.9 Å². The average molecular weight is 447 g/mol. The van der Waals surface area contributed by atoms with E-state index in [4.69, 9.17) is 0 Å². The third kappa shape index (κ3) is 5.81. The summed E-state index contributed by atoms with van der Waals surface area (Å²) in [5.74, 6) is 0.279. The number of carbonyl (C=O) groups is 1. The molecule has 1 heterocycles. The van der Waals surface area contributed by atoms with Crippen LogP contribution >= 0.6 is 11.8 Å². The van der Waals surface area contributed by atoms with Gasteiger partial charge in [0.25, 0.3) is 0 Å². The van der Waals surface area contributed by atoms with E-state index in [0.29, 0.717) is 11.0 Å². The second-order valence-electron chi connectivity index (χ2n) is 7.90. The zero-order valence-corrected chi connectivity index (χ0v) is 18.5. The predicted octanol–water partition coefficient (Wildman–Crippen LogP) is 5.11. The van der Waals surface area contributed by atoms with E-state index in [9.17, 15) is 13.6 Å². The van der Waals surface area contributed by atoms with Crippen molar-refractivity contribution in [1.82, 2.24) is 14.8 Å². The standard InChI is InChI=1S/C22H24F2N4O2S/c1-22(2,3)15-11-9-14(10-12-15)19-26-27-21(28(19)4)31-13-18(29)25-16-7-5-6-8-17(16)30-20(23)24/h5-12,20H,13H2,1-4H3,(H,25,29). The largest absolute Gasteiger partial charge is 0.433 e. The summed E-state index contributed by atoms with van der Waals surface area (Å²) in [6.07, 6.45) is 0. The molecule has 6 nitrogen and oxygen atoms in total. The highest BCUT2D eigenvalue weighted by Crippen LogP contribution is 2.28. The summed E-state index contributed by atoms with van der Waals surface area (Å²) in [5.41, 5.74) is 2.40. The van der Waals surface area contributed by atoms with Gasteiger partial charge in [0.1, 0.15) is 5.75 Å². The SMILES string of the molecule is Cn1c(SCC(=O)Nc2ccccc2OC(F)F)nnc1-c1ccc(C(C)(C)C)cc1. The van der Waals surface area contributed by atoms with Gasteiger partial charge < -0.3 is 14.6 Å². The number of rotatable bonds is 7. The molecule has 0 radical (unpaired) electrons. The monoisotopic (exact) mass is 446 g/mol. The molecule has 0 fully saturated rings. The molecule has 0 bridgehead atoms. The minimum absolute atomic E-state index is 0.0396. The van der Waals surface area contributed by atoms with Crippen molar-refractivity contribution in [2.45, 2.75) is 38.0 Å². The van der Waals surface area contributed by atoms with Crippen molar-refractivity contribution in [3.8, 4) is 17.1 Å². The lowest BCUT2D eigenvalue weighted by atomic mass is 9.87. The van der Waals surface area contributed by atoms with Crippen LogP contribution in [0.15, 0.2) is 53.7 Å². The van der Waals surface area contributed by atoms with Gasteiger partial charge in [0.2, 0.25) is 5.91 Å². The van der Waals surface area contributed by atoms with Crippen LogP contribution in [-0.2, 0) is 17.3 Å². The Kier molecular flexibility index (Phi) is 6.94. The fourth-order valence-electron chi connectivity index (χ4n) is 2.90. The van der Waals surface area contributed by atoms with E-state index in [2.05, 4.69) is 53.2 Å². The highest BCUT2D eigenvalue weighted by atomic mass is 32.2. The molecule has 164 valence electrons. The van der Waals surface area contributed by atoms with Crippen molar-refractivity contribution in [1.29, 1.82) is 0 Å². The second kappa shape index (κ2) is 9.47. The van der Waals surface area contributed by atoms with Gasteiger partial charge in [-0.2, -0.15) is 8.78 Å². The lowest BCUT2D eigenvalue weighted by Crippen LogP contribution is -2.16. The molecule has 0 saturated carbocycles. The number of ether oxygens (including phenoxy) is 1. The minimum atomic E-state index is -2.97. The highest BCUT2D eigenvalue weighted by molar-refractivity contribution is 7.99. The Labute approximate surface area is 184 Å². The molecule has 0 aliphatic carbocycles. The number of hydrogen-bond donors (Lipinski definition) is 1. The van der Waals surface area contributed by atoms with Crippen molar-refractivity contribution >= 4 is 23.4 Å². The zero-order valence-electron chi connectivity index (χ0n) is 17.7. The van der Waals surface area contributed by atoms with Crippen LogP contribution in [0.1, 0.15) is 26.3 Å². The van der Waals surface area contributed by atoms with Crippen LogP contribution in [-0.4, -0.2) is 33.0 Å². The van der Waals surface area contributed by atoms with Gasteiger partial charge in [0.15, 0.2) is 11.0 Å². The second-order valence-corrected chi connectivity index (χ2v) is 8.85. The van der Waals surface area contributed by atoms with Crippen LogP contribution in [0.25, 0.3) is 11.4 Å². The van der Waals surface area contributed by atoms with E-state index in [1.807, 2.05) is 23.7 Å². The minimum Gasteiger partial charge on any atom is -0.433 e. The summed E-state index contributed by atoms with van der Waals surface area (Å²) in [4.78, 5) is 12.3. The number of nitrogens with zero attached hydrogens (tertiary/aromatic N) is 3. The molecule has 2 aromatic carbocycles. The molecule has 3 aromatic rings. The van der Waals surface area contributed by atoms with Crippen molar-refractivity contribution in [3.63, 3.8) is 0 Å². The van der Waals surface area contributed by atoms with E-state index < -0.39 is 6.61 Å². The molecular weight excluding hydrogens is 422 g/mol. The van der Waals surface area contributed by atoms with Crippen LogP contribution in [0.4, 0.5) is 14.5 Å². The van der Waals surface area contributed by atoms with Crippen molar-refractivity contribution in [2.75, 3.05) is 11.1 Å². The maximum absolute atomic E-state index is 12.5. The fraction of sp³-hybridized carbons (Fsp3) is 0.318. The molecule has 1 aromatic heterocycles. The normalized spacial score (nSPS) is 11.6. The molecule has 0 aliphatic rings. The quantitative estimate of drug-likeness (QED) is 0.511. The number of carbonyl (C=O) groups excluding carboxylic acids is 1. The first-order chi connectivity index (χ1) is 14.6. The topological polar surface area (TPSA) is 69.0 Å².